The first-order valence-corrected chi connectivity index (χ1v) is 6.38. The van der Waals surface area contributed by atoms with Gasteiger partial charge in [0.25, 0.3) is 0 Å². The highest BCUT2D eigenvalue weighted by Crippen LogP contribution is 2.28. The third-order valence-corrected chi connectivity index (χ3v) is 3.48. The number of hydrogen-bond donors (Lipinski definition) is 0. The molecule has 0 atom stereocenters. The second-order valence-electron chi connectivity index (χ2n) is 4.37. The molecule has 3 nitrogen and oxygen atoms in total. The van der Waals surface area contributed by atoms with Crippen LogP contribution in [0.1, 0.15) is 30.7 Å². The fraction of sp³-hybridized carbons (Fsp3) is 0.667. The van der Waals surface area contributed by atoms with Crippen LogP contribution in [0.15, 0.2) is 6.20 Å². The van der Waals surface area contributed by atoms with Crippen LogP contribution in [0, 0.1) is 13.8 Å². The van der Waals surface area contributed by atoms with Crippen LogP contribution in [0.5, 0.6) is 0 Å². The minimum atomic E-state index is 0.621. The zero-order chi connectivity index (χ0) is 11.5. The summed E-state index contributed by atoms with van der Waals surface area (Å²) in [6.45, 7) is 4.86. The molecule has 1 aliphatic carbocycles. The van der Waals surface area contributed by atoms with Gasteiger partial charge < -0.3 is 4.90 Å². The molecule has 0 amide bonds. The quantitative estimate of drug-likeness (QED) is 0.757. The van der Waals surface area contributed by atoms with Gasteiger partial charge in [-0.1, -0.05) is 0 Å². The molecule has 4 heteroatoms. The van der Waals surface area contributed by atoms with Gasteiger partial charge in [0.15, 0.2) is 0 Å². The first-order valence-electron chi connectivity index (χ1n) is 5.85. The van der Waals surface area contributed by atoms with E-state index in [9.17, 15) is 0 Å². The maximum Gasteiger partial charge on any atom is 0.147 e. The van der Waals surface area contributed by atoms with Crippen LogP contribution in [0.25, 0.3) is 0 Å². The van der Waals surface area contributed by atoms with Crippen LogP contribution < -0.4 is 4.90 Å². The number of aryl methyl sites for hydroxylation is 2. The van der Waals surface area contributed by atoms with Crippen LogP contribution in [-0.2, 0) is 0 Å². The summed E-state index contributed by atoms with van der Waals surface area (Å²) in [5.74, 6) is 1.62. The van der Waals surface area contributed by atoms with Crippen molar-refractivity contribution in [2.45, 2.75) is 39.2 Å². The SMILES string of the molecule is Cc1ncc(N(CCCl)C2CCC2)nc1C. The Balaban J connectivity index is 2.20. The van der Waals surface area contributed by atoms with Crippen molar-refractivity contribution in [2.75, 3.05) is 17.3 Å². The zero-order valence-electron chi connectivity index (χ0n) is 9.91. The Morgan fingerprint density at radius 1 is 1.38 bits per heavy atom. The molecule has 1 aromatic rings. The molecular formula is C12H18ClN3. The average Bonchev–Trinajstić information content (AvgIpc) is 2.19. The predicted octanol–water partition coefficient (Wildman–Crippen LogP) is 2.69. The maximum absolute atomic E-state index is 5.85. The Morgan fingerprint density at radius 2 is 2.12 bits per heavy atom. The largest absolute Gasteiger partial charge is 0.351 e. The van der Waals surface area contributed by atoms with Crippen molar-refractivity contribution >= 4 is 17.4 Å². The first-order chi connectivity index (χ1) is 7.72. The third kappa shape index (κ3) is 2.29. The first kappa shape index (κ1) is 11.6. The highest BCUT2D eigenvalue weighted by atomic mass is 35.5. The molecule has 1 fully saturated rings. The van der Waals surface area contributed by atoms with Gasteiger partial charge in [-0.3, -0.25) is 4.98 Å². The molecule has 0 radical (unpaired) electrons. The Morgan fingerprint density at radius 3 is 2.62 bits per heavy atom. The van der Waals surface area contributed by atoms with E-state index in [4.69, 9.17) is 11.6 Å². The molecule has 0 bridgehead atoms. The molecule has 0 saturated heterocycles. The van der Waals surface area contributed by atoms with Gasteiger partial charge in [0.1, 0.15) is 5.82 Å². The normalized spacial score (nSPS) is 15.9. The van der Waals surface area contributed by atoms with Gasteiger partial charge in [-0.2, -0.15) is 0 Å². The number of anilines is 1. The minimum Gasteiger partial charge on any atom is -0.351 e. The standard InChI is InChI=1S/C12H18ClN3/c1-9-10(2)15-12(8-14-9)16(7-6-13)11-4-3-5-11/h8,11H,3-7H2,1-2H3. The lowest BCUT2D eigenvalue weighted by Crippen LogP contribution is -2.42. The lowest BCUT2D eigenvalue weighted by atomic mass is 9.91. The van der Waals surface area contributed by atoms with Gasteiger partial charge in [0.2, 0.25) is 0 Å². The molecule has 1 saturated carbocycles. The zero-order valence-corrected chi connectivity index (χ0v) is 10.7. The van der Waals surface area contributed by atoms with Crippen molar-refractivity contribution in [2.24, 2.45) is 0 Å². The molecule has 1 aromatic heterocycles. The molecule has 1 aliphatic rings. The topological polar surface area (TPSA) is 29.0 Å². The molecule has 0 aromatic carbocycles. The Bertz CT molecular complexity index is 363. The number of rotatable bonds is 4. The minimum absolute atomic E-state index is 0.621. The van der Waals surface area contributed by atoms with Crippen LogP contribution in [-0.4, -0.2) is 28.4 Å². The lowest BCUT2D eigenvalue weighted by molar-refractivity contribution is 0.388. The smallest absolute Gasteiger partial charge is 0.147 e. The van der Waals surface area contributed by atoms with Crippen LogP contribution >= 0.6 is 11.6 Å². The fourth-order valence-corrected chi connectivity index (χ4v) is 2.12. The van der Waals surface area contributed by atoms with E-state index in [0.717, 1.165) is 23.8 Å². The highest BCUT2D eigenvalue weighted by Gasteiger charge is 2.25. The summed E-state index contributed by atoms with van der Waals surface area (Å²) < 4.78 is 0. The van der Waals surface area contributed by atoms with E-state index in [0.29, 0.717) is 11.9 Å². The average molecular weight is 240 g/mol. The van der Waals surface area contributed by atoms with Gasteiger partial charge in [0.05, 0.1) is 17.6 Å². The summed E-state index contributed by atoms with van der Waals surface area (Å²) in [5, 5.41) is 0. The monoisotopic (exact) mass is 239 g/mol. The van der Waals surface area contributed by atoms with Gasteiger partial charge in [-0.05, 0) is 33.1 Å². The lowest BCUT2D eigenvalue weighted by Gasteiger charge is -2.38. The van der Waals surface area contributed by atoms with E-state index in [-0.39, 0.29) is 0 Å². The van der Waals surface area contributed by atoms with E-state index in [1.807, 2.05) is 20.0 Å². The number of nitrogens with zero attached hydrogens (tertiary/aromatic N) is 3. The molecule has 16 heavy (non-hydrogen) atoms. The van der Waals surface area contributed by atoms with E-state index < -0.39 is 0 Å². The number of aromatic nitrogens is 2. The van der Waals surface area contributed by atoms with Crippen molar-refractivity contribution in [1.29, 1.82) is 0 Å². The van der Waals surface area contributed by atoms with E-state index >= 15 is 0 Å². The second-order valence-corrected chi connectivity index (χ2v) is 4.74. The Kier molecular flexibility index (Phi) is 3.64. The molecule has 0 unspecified atom stereocenters. The highest BCUT2D eigenvalue weighted by molar-refractivity contribution is 6.18. The second kappa shape index (κ2) is 5.00. The summed E-state index contributed by atoms with van der Waals surface area (Å²) in [7, 11) is 0. The molecule has 1 heterocycles. The van der Waals surface area contributed by atoms with Crippen molar-refractivity contribution < 1.29 is 0 Å². The third-order valence-electron chi connectivity index (χ3n) is 3.31. The molecule has 0 spiro atoms. The fourth-order valence-electron chi connectivity index (χ4n) is 1.94. The van der Waals surface area contributed by atoms with Gasteiger partial charge in [-0.25, -0.2) is 4.98 Å². The van der Waals surface area contributed by atoms with E-state index in [1.165, 1.54) is 19.3 Å². The summed E-state index contributed by atoms with van der Waals surface area (Å²) in [6.07, 6.45) is 5.70. The number of halogens is 1. The Labute approximate surface area is 102 Å². The van der Waals surface area contributed by atoms with Crippen molar-refractivity contribution in [1.82, 2.24) is 9.97 Å². The summed E-state index contributed by atoms with van der Waals surface area (Å²) >= 11 is 5.85. The predicted molar refractivity (Wildman–Crippen MR) is 67.2 cm³/mol. The van der Waals surface area contributed by atoms with Crippen molar-refractivity contribution in [3.8, 4) is 0 Å². The summed E-state index contributed by atoms with van der Waals surface area (Å²) in [5.41, 5.74) is 2.01. The summed E-state index contributed by atoms with van der Waals surface area (Å²) in [6, 6.07) is 0.621. The van der Waals surface area contributed by atoms with Crippen molar-refractivity contribution in [3.63, 3.8) is 0 Å². The number of hydrogen-bond acceptors (Lipinski definition) is 3. The van der Waals surface area contributed by atoms with Crippen molar-refractivity contribution in [3.05, 3.63) is 17.6 Å². The van der Waals surface area contributed by atoms with Gasteiger partial charge in [-0.15, -0.1) is 11.6 Å². The van der Waals surface area contributed by atoms with Gasteiger partial charge >= 0.3 is 0 Å². The van der Waals surface area contributed by atoms with Crippen LogP contribution in [0.4, 0.5) is 5.82 Å². The van der Waals surface area contributed by atoms with E-state index in [2.05, 4.69) is 14.9 Å². The number of alkyl halides is 1. The van der Waals surface area contributed by atoms with Crippen LogP contribution in [0.2, 0.25) is 0 Å². The Hall–Kier alpha value is -0.830. The maximum atomic E-state index is 5.85. The molecular weight excluding hydrogens is 222 g/mol. The molecule has 2 rings (SSSR count). The van der Waals surface area contributed by atoms with Crippen LogP contribution in [0.3, 0.4) is 0 Å². The molecule has 0 aliphatic heterocycles. The molecule has 0 N–H and O–H groups in total. The van der Waals surface area contributed by atoms with Gasteiger partial charge in [0, 0.05) is 18.5 Å². The molecule has 88 valence electrons. The summed E-state index contributed by atoms with van der Waals surface area (Å²) in [4.78, 5) is 11.3. The van der Waals surface area contributed by atoms with E-state index in [1.54, 1.807) is 0 Å².